The Morgan fingerprint density at radius 1 is 1.00 bits per heavy atom. The minimum atomic E-state index is -0.266. The second-order valence-electron chi connectivity index (χ2n) is 7.34. The van der Waals surface area contributed by atoms with Crippen molar-refractivity contribution in [1.29, 1.82) is 0 Å². The van der Waals surface area contributed by atoms with E-state index in [1.54, 1.807) is 36.5 Å². The maximum Gasteiger partial charge on any atom is 0.132 e. The fraction of sp³-hybridized carbons (Fsp3) is 0.286. The Balaban J connectivity index is 1.90. The zero-order valence-electron chi connectivity index (χ0n) is 14.7. The lowest BCUT2D eigenvalue weighted by molar-refractivity contribution is 0.271. The maximum atomic E-state index is 14.0. The molecule has 0 amide bonds. The van der Waals surface area contributed by atoms with Crippen LogP contribution in [-0.2, 0) is 6.54 Å². The zero-order chi connectivity index (χ0) is 18.0. The Morgan fingerprint density at radius 2 is 1.72 bits per heavy atom. The molecule has 25 heavy (non-hydrogen) atoms. The molecule has 130 valence electrons. The van der Waals surface area contributed by atoms with Crippen molar-refractivity contribution >= 4 is 10.9 Å². The third-order valence-electron chi connectivity index (χ3n) is 4.37. The number of halogens is 2. The summed E-state index contributed by atoms with van der Waals surface area (Å²) in [5.74, 6) is -0.511. The van der Waals surface area contributed by atoms with Crippen LogP contribution in [0.4, 0.5) is 8.78 Å². The molecule has 1 aromatic heterocycles. The summed E-state index contributed by atoms with van der Waals surface area (Å²) in [6.45, 7) is 6.95. The summed E-state index contributed by atoms with van der Waals surface area (Å²) in [5, 5.41) is 4.06. The molecule has 1 unspecified atom stereocenters. The van der Waals surface area contributed by atoms with E-state index in [1.807, 2.05) is 0 Å². The van der Waals surface area contributed by atoms with E-state index >= 15 is 0 Å². The second-order valence-corrected chi connectivity index (χ2v) is 7.34. The van der Waals surface area contributed by atoms with Gasteiger partial charge in [0.1, 0.15) is 11.6 Å². The zero-order valence-corrected chi connectivity index (χ0v) is 14.7. The number of nitrogens with one attached hydrogen (secondary N) is 1. The van der Waals surface area contributed by atoms with Gasteiger partial charge in [0.05, 0.1) is 5.52 Å². The summed E-state index contributed by atoms with van der Waals surface area (Å²) >= 11 is 0. The van der Waals surface area contributed by atoms with Gasteiger partial charge in [-0.05, 0) is 46.9 Å². The highest BCUT2D eigenvalue weighted by atomic mass is 19.1. The molecule has 0 fully saturated rings. The van der Waals surface area contributed by atoms with Crippen molar-refractivity contribution in [1.82, 2.24) is 10.3 Å². The number of benzene rings is 2. The number of nitrogens with zero attached hydrogens (tertiary/aromatic N) is 1. The van der Waals surface area contributed by atoms with Gasteiger partial charge in [0.15, 0.2) is 0 Å². The van der Waals surface area contributed by atoms with Crippen LogP contribution in [-0.4, -0.2) is 4.98 Å². The quantitative estimate of drug-likeness (QED) is 0.689. The molecule has 4 heteroatoms. The van der Waals surface area contributed by atoms with E-state index in [4.69, 9.17) is 0 Å². The van der Waals surface area contributed by atoms with Crippen LogP contribution >= 0.6 is 0 Å². The van der Waals surface area contributed by atoms with Crippen LogP contribution in [0.3, 0.4) is 0 Å². The third kappa shape index (κ3) is 3.85. The minimum Gasteiger partial charge on any atom is -0.305 e. The van der Waals surface area contributed by atoms with E-state index in [-0.39, 0.29) is 23.1 Å². The van der Waals surface area contributed by atoms with Crippen LogP contribution in [0.25, 0.3) is 10.9 Å². The Hall–Kier alpha value is -2.33. The lowest BCUT2D eigenvalue weighted by Gasteiger charge is -2.32. The average Bonchev–Trinajstić information content (AvgIpc) is 2.57. The van der Waals surface area contributed by atoms with Gasteiger partial charge >= 0.3 is 0 Å². The van der Waals surface area contributed by atoms with Crippen LogP contribution < -0.4 is 5.32 Å². The van der Waals surface area contributed by atoms with Gasteiger partial charge in [-0.25, -0.2) is 8.78 Å². The monoisotopic (exact) mass is 340 g/mol. The van der Waals surface area contributed by atoms with Gasteiger partial charge in [0.25, 0.3) is 0 Å². The topological polar surface area (TPSA) is 24.9 Å². The van der Waals surface area contributed by atoms with Crippen molar-refractivity contribution in [3.05, 3.63) is 77.5 Å². The lowest BCUT2D eigenvalue weighted by atomic mass is 9.82. The molecular weight excluding hydrogens is 318 g/mol. The van der Waals surface area contributed by atoms with Crippen LogP contribution in [0, 0.1) is 17.0 Å². The summed E-state index contributed by atoms with van der Waals surface area (Å²) in [6, 6.07) is 13.3. The molecule has 0 aliphatic carbocycles. The number of fused-ring (bicyclic) bond motifs is 1. The Kier molecular flexibility index (Phi) is 4.82. The summed E-state index contributed by atoms with van der Waals surface area (Å²) in [5.41, 5.74) is 2.56. The molecule has 2 aromatic carbocycles. The van der Waals surface area contributed by atoms with Crippen molar-refractivity contribution in [2.45, 2.75) is 33.4 Å². The van der Waals surface area contributed by atoms with E-state index in [1.165, 1.54) is 18.2 Å². The molecule has 1 heterocycles. The number of pyridine rings is 1. The predicted octanol–water partition coefficient (Wildman–Crippen LogP) is 5.39. The normalized spacial score (nSPS) is 13.2. The largest absolute Gasteiger partial charge is 0.305 e. The molecule has 3 aromatic rings. The Morgan fingerprint density at radius 3 is 2.40 bits per heavy atom. The second kappa shape index (κ2) is 6.89. The molecule has 0 aliphatic heterocycles. The molecule has 3 rings (SSSR count). The van der Waals surface area contributed by atoms with Gasteiger partial charge in [-0.1, -0.05) is 39.0 Å². The first kappa shape index (κ1) is 17.5. The summed E-state index contributed by atoms with van der Waals surface area (Å²) in [7, 11) is 0. The van der Waals surface area contributed by atoms with Crippen LogP contribution in [0.5, 0.6) is 0 Å². The van der Waals surface area contributed by atoms with E-state index in [2.05, 4.69) is 31.1 Å². The Bertz CT molecular complexity index is 867. The predicted molar refractivity (Wildman–Crippen MR) is 97.1 cm³/mol. The van der Waals surface area contributed by atoms with Gasteiger partial charge < -0.3 is 5.32 Å². The first-order chi connectivity index (χ1) is 11.9. The molecule has 0 aliphatic rings. The highest BCUT2D eigenvalue weighted by Gasteiger charge is 2.26. The first-order valence-electron chi connectivity index (χ1n) is 8.37. The van der Waals surface area contributed by atoms with Crippen molar-refractivity contribution in [2.24, 2.45) is 5.41 Å². The van der Waals surface area contributed by atoms with Crippen LogP contribution in [0.2, 0.25) is 0 Å². The van der Waals surface area contributed by atoms with Crippen molar-refractivity contribution < 1.29 is 8.78 Å². The molecule has 0 radical (unpaired) electrons. The lowest BCUT2D eigenvalue weighted by Crippen LogP contribution is -2.32. The van der Waals surface area contributed by atoms with Crippen molar-refractivity contribution in [3.63, 3.8) is 0 Å². The number of rotatable bonds is 4. The number of hydrogen-bond acceptors (Lipinski definition) is 2. The molecule has 0 spiro atoms. The van der Waals surface area contributed by atoms with Gasteiger partial charge in [-0.3, -0.25) is 4.98 Å². The summed E-state index contributed by atoms with van der Waals surface area (Å²) in [4.78, 5) is 4.34. The van der Waals surface area contributed by atoms with Crippen molar-refractivity contribution in [2.75, 3.05) is 0 Å². The number of hydrogen-bond donors (Lipinski definition) is 1. The summed E-state index contributed by atoms with van der Waals surface area (Å²) in [6.07, 6.45) is 1.67. The average molecular weight is 340 g/mol. The van der Waals surface area contributed by atoms with E-state index in [9.17, 15) is 8.78 Å². The first-order valence-corrected chi connectivity index (χ1v) is 8.37. The van der Waals surface area contributed by atoms with Crippen LogP contribution in [0.15, 0.2) is 54.7 Å². The molecule has 1 N–H and O–H groups in total. The van der Waals surface area contributed by atoms with Gasteiger partial charge in [0, 0.05) is 24.2 Å². The molecule has 2 nitrogen and oxygen atoms in total. The molecule has 1 atom stereocenters. The van der Waals surface area contributed by atoms with Crippen molar-refractivity contribution in [3.8, 4) is 0 Å². The molecular formula is C21H22F2N2. The highest BCUT2D eigenvalue weighted by Crippen LogP contribution is 2.33. The minimum absolute atomic E-state index is 0.0249. The molecule has 0 saturated heterocycles. The Labute approximate surface area is 146 Å². The van der Waals surface area contributed by atoms with Gasteiger partial charge in [0.2, 0.25) is 0 Å². The summed E-state index contributed by atoms with van der Waals surface area (Å²) < 4.78 is 27.2. The van der Waals surface area contributed by atoms with Gasteiger partial charge in [-0.2, -0.15) is 0 Å². The smallest absolute Gasteiger partial charge is 0.132 e. The van der Waals surface area contributed by atoms with E-state index in [0.29, 0.717) is 17.4 Å². The number of aromatic nitrogens is 1. The van der Waals surface area contributed by atoms with Gasteiger partial charge in [-0.15, -0.1) is 0 Å². The SMILES string of the molecule is CC(C)(C)C(NCc1ccc(F)c2cccnc12)c1ccc(F)cc1. The fourth-order valence-electron chi connectivity index (χ4n) is 3.13. The third-order valence-corrected chi connectivity index (χ3v) is 4.37. The molecule has 0 bridgehead atoms. The maximum absolute atomic E-state index is 14.0. The van der Waals surface area contributed by atoms with Crippen LogP contribution in [0.1, 0.15) is 37.9 Å². The van der Waals surface area contributed by atoms with E-state index in [0.717, 1.165) is 11.1 Å². The highest BCUT2D eigenvalue weighted by molar-refractivity contribution is 5.82. The molecule has 0 saturated carbocycles. The standard InChI is InChI=1S/C21H22F2N2/c1-21(2,3)20(14-6-9-16(22)10-7-14)25-13-15-8-11-18(23)17-5-4-12-24-19(15)17/h4-12,20,25H,13H2,1-3H3. The fourth-order valence-corrected chi connectivity index (χ4v) is 3.13. The van der Waals surface area contributed by atoms with E-state index < -0.39 is 0 Å².